The first kappa shape index (κ1) is 15.8. The number of nitrogens with zero attached hydrogens (tertiary/aromatic N) is 2. The van der Waals surface area contributed by atoms with Crippen LogP contribution in [0.5, 0.6) is 0 Å². The maximum Gasteiger partial charge on any atom is 0.323 e. The van der Waals surface area contributed by atoms with Crippen molar-refractivity contribution in [3.8, 4) is 0 Å². The van der Waals surface area contributed by atoms with Crippen molar-refractivity contribution in [2.24, 2.45) is 4.99 Å². The van der Waals surface area contributed by atoms with Gasteiger partial charge in [-0.2, -0.15) is 0 Å². The first-order valence-corrected chi connectivity index (χ1v) is 5.77. The lowest BCUT2D eigenvalue weighted by Gasteiger charge is -2.27. The van der Waals surface area contributed by atoms with Gasteiger partial charge in [-0.15, -0.1) is 0 Å². The average molecular weight is 240 g/mol. The van der Waals surface area contributed by atoms with Gasteiger partial charge in [0.1, 0.15) is 11.6 Å². The molecule has 0 fully saturated rings. The molecule has 0 bridgehead atoms. The second kappa shape index (κ2) is 6.55. The lowest BCUT2D eigenvalue weighted by molar-refractivity contribution is -0.160. The molecule has 0 aromatic rings. The van der Waals surface area contributed by atoms with Crippen LogP contribution in [0.1, 0.15) is 34.6 Å². The molecule has 4 nitrogen and oxygen atoms in total. The minimum absolute atomic E-state index is 0.228. The maximum absolute atomic E-state index is 11.8. The fourth-order valence-electron chi connectivity index (χ4n) is 1.22. The monoisotopic (exact) mass is 240 g/mol. The summed E-state index contributed by atoms with van der Waals surface area (Å²) < 4.78 is 5.31. The first-order chi connectivity index (χ1) is 7.67. The predicted octanol–water partition coefficient (Wildman–Crippen LogP) is 2.25. The molecule has 1 atom stereocenters. The third-order valence-corrected chi connectivity index (χ3v) is 2.15. The molecule has 98 valence electrons. The van der Waals surface area contributed by atoms with Crippen molar-refractivity contribution in [2.45, 2.75) is 46.3 Å². The summed E-state index contributed by atoms with van der Waals surface area (Å²) in [4.78, 5) is 17.7. The van der Waals surface area contributed by atoms with E-state index in [1.165, 1.54) is 0 Å². The third-order valence-electron chi connectivity index (χ3n) is 2.15. The Hall–Kier alpha value is -1.16. The van der Waals surface area contributed by atoms with E-state index in [4.69, 9.17) is 4.74 Å². The molecule has 0 amide bonds. The molecular formula is C13H24N2O2. The van der Waals surface area contributed by atoms with E-state index in [0.717, 1.165) is 5.70 Å². The molecule has 0 heterocycles. The highest BCUT2D eigenvalue weighted by atomic mass is 16.6. The van der Waals surface area contributed by atoms with Crippen molar-refractivity contribution in [3.63, 3.8) is 0 Å². The molecule has 0 radical (unpaired) electrons. The number of esters is 1. The second-order valence-corrected chi connectivity index (χ2v) is 5.08. The van der Waals surface area contributed by atoms with Crippen LogP contribution in [0.25, 0.3) is 0 Å². The number of likely N-dealkylation sites (N-methyl/N-ethyl adjacent to an activating group) is 1. The number of hydrogen-bond donors (Lipinski definition) is 0. The minimum atomic E-state index is -0.454. The Bertz CT molecular complexity index is 303. The molecule has 0 aliphatic heterocycles. The Morgan fingerprint density at radius 1 is 1.53 bits per heavy atom. The molecule has 0 saturated carbocycles. The van der Waals surface area contributed by atoms with E-state index in [1.54, 1.807) is 6.21 Å². The Morgan fingerprint density at radius 2 is 2.06 bits per heavy atom. The summed E-state index contributed by atoms with van der Waals surface area (Å²) in [7, 11) is 1.85. The fourth-order valence-corrected chi connectivity index (χ4v) is 1.22. The molecular weight excluding hydrogens is 216 g/mol. The Labute approximate surface area is 104 Å². The number of ether oxygens (including phenoxy) is 1. The number of hydrogen-bond acceptors (Lipinski definition) is 4. The van der Waals surface area contributed by atoms with Crippen molar-refractivity contribution in [3.05, 3.63) is 12.3 Å². The van der Waals surface area contributed by atoms with E-state index in [9.17, 15) is 4.79 Å². The zero-order chi connectivity index (χ0) is 13.6. The van der Waals surface area contributed by atoms with E-state index >= 15 is 0 Å². The zero-order valence-corrected chi connectivity index (χ0v) is 11.8. The van der Waals surface area contributed by atoms with E-state index in [-0.39, 0.29) is 12.0 Å². The third kappa shape index (κ3) is 6.89. The Morgan fingerprint density at radius 3 is 2.47 bits per heavy atom. The van der Waals surface area contributed by atoms with Gasteiger partial charge in [0.15, 0.2) is 0 Å². The van der Waals surface area contributed by atoms with E-state index in [0.29, 0.717) is 6.54 Å². The molecule has 0 saturated heterocycles. The zero-order valence-electron chi connectivity index (χ0n) is 11.8. The van der Waals surface area contributed by atoms with Gasteiger partial charge in [0, 0.05) is 18.5 Å². The largest absolute Gasteiger partial charge is 0.459 e. The molecule has 0 unspecified atom stereocenters. The van der Waals surface area contributed by atoms with Crippen molar-refractivity contribution in [1.82, 2.24) is 4.90 Å². The summed E-state index contributed by atoms with van der Waals surface area (Å²) in [5, 5.41) is 0. The molecule has 4 heteroatoms. The minimum Gasteiger partial charge on any atom is -0.459 e. The van der Waals surface area contributed by atoms with Crippen LogP contribution >= 0.6 is 0 Å². The highest BCUT2D eigenvalue weighted by Crippen LogP contribution is 2.11. The smallest absolute Gasteiger partial charge is 0.323 e. The van der Waals surface area contributed by atoms with Crippen molar-refractivity contribution in [1.29, 1.82) is 0 Å². The van der Waals surface area contributed by atoms with Gasteiger partial charge in [0.25, 0.3) is 0 Å². The molecule has 0 aromatic carbocycles. The van der Waals surface area contributed by atoms with Gasteiger partial charge in [-0.05, 0) is 41.7 Å². The van der Waals surface area contributed by atoms with Crippen LogP contribution in [0.2, 0.25) is 0 Å². The molecule has 0 spiro atoms. The molecule has 0 aromatic heterocycles. The maximum atomic E-state index is 11.8. The summed E-state index contributed by atoms with van der Waals surface area (Å²) in [5.74, 6) is -0.228. The molecule has 0 aliphatic rings. The standard InChI is InChI=1S/C13H24N2O2/c1-8-14-10(2)9-15(7)11(3)12(16)17-13(4,5)6/h8,11H,2,9H2,1,3-7H3/b14-8-/t11-/m1/s1. The SMILES string of the molecule is C=C(CN(C)[C@H](C)C(=O)OC(C)(C)C)/N=C\C. The average Bonchev–Trinajstić information content (AvgIpc) is 2.13. The van der Waals surface area contributed by atoms with Gasteiger partial charge in [-0.1, -0.05) is 6.58 Å². The molecule has 0 N–H and O–H groups in total. The second-order valence-electron chi connectivity index (χ2n) is 5.08. The van der Waals surface area contributed by atoms with Gasteiger partial charge in [0.05, 0.1) is 0 Å². The van der Waals surface area contributed by atoms with Crippen molar-refractivity contribution < 1.29 is 9.53 Å². The van der Waals surface area contributed by atoms with Gasteiger partial charge in [-0.25, -0.2) is 0 Å². The first-order valence-electron chi connectivity index (χ1n) is 5.77. The lowest BCUT2D eigenvalue weighted by atomic mass is 10.2. The summed E-state index contributed by atoms with van der Waals surface area (Å²) in [6, 6.07) is -0.307. The van der Waals surface area contributed by atoms with Gasteiger partial charge in [-0.3, -0.25) is 14.7 Å². The van der Waals surface area contributed by atoms with Gasteiger partial charge >= 0.3 is 5.97 Å². The van der Waals surface area contributed by atoms with Gasteiger partial charge < -0.3 is 4.74 Å². The summed E-state index contributed by atoms with van der Waals surface area (Å²) in [6.45, 7) is 13.6. The van der Waals surface area contributed by atoms with E-state index in [2.05, 4.69) is 11.6 Å². The van der Waals surface area contributed by atoms with Crippen LogP contribution in [-0.2, 0) is 9.53 Å². The molecule has 17 heavy (non-hydrogen) atoms. The fraction of sp³-hybridized carbons (Fsp3) is 0.692. The van der Waals surface area contributed by atoms with E-state index < -0.39 is 5.60 Å². The van der Waals surface area contributed by atoms with E-state index in [1.807, 2.05) is 46.6 Å². The molecule has 0 rings (SSSR count). The topological polar surface area (TPSA) is 41.9 Å². The highest BCUT2D eigenvalue weighted by molar-refractivity contribution is 5.75. The Kier molecular flexibility index (Phi) is 6.10. The van der Waals surface area contributed by atoms with Crippen LogP contribution in [-0.4, -0.2) is 42.3 Å². The van der Waals surface area contributed by atoms with Crippen molar-refractivity contribution in [2.75, 3.05) is 13.6 Å². The predicted molar refractivity (Wildman–Crippen MR) is 71.2 cm³/mol. The summed E-state index contributed by atoms with van der Waals surface area (Å²) in [5.41, 5.74) is 0.274. The normalized spacial score (nSPS) is 14.1. The number of carbonyl (C=O) groups is 1. The summed E-state index contributed by atoms with van der Waals surface area (Å²) >= 11 is 0. The molecule has 0 aliphatic carbocycles. The lowest BCUT2D eigenvalue weighted by Crippen LogP contribution is -2.41. The quantitative estimate of drug-likeness (QED) is 0.547. The summed E-state index contributed by atoms with van der Waals surface area (Å²) in [6.07, 6.45) is 1.69. The van der Waals surface area contributed by atoms with Crippen LogP contribution in [0.15, 0.2) is 17.3 Å². The van der Waals surface area contributed by atoms with Crippen LogP contribution in [0.4, 0.5) is 0 Å². The number of aliphatic imine (C=N–C) groups is 1. The van der Waals surface area contributed by atoms with Crippen LogP contribution in [0, 0.1) is 0 Å². The number of carbonyl (C=O) groups excluding carboxylic acids is 1. The number of rotatable bonds is 5. The Balaban J connectivity index is 4.35. The highest BCUT2D eigenvalue weighted by Gasteiger charge is 2.24. The van der Waals surface area contributed by atoms with Crippen LogP contribution in [0.3, 0.4) is 0 Å². The van der Waals surface area contributed by atoms with Crippen LogP contribution < -0.4 is 0 Å². The van der Waals surface area contributed by atoms with Gasteiger partial charge in [0.2, 0.25) is 0 Å². The van der Waals surface area contributed by atoms with Crippen molar-refractivity contribution >= 4 is 12.2 Å².